The molecule has 18 heavy (non-hydrogen) atoms. The molecular formula is C14H16N4. The van der Waals surface area contributed by atoms with Crippen LogP contribution in [0.2, 0.25) is 0 Å². The number of hydrogen-bond donors (Lipinski definition) is 2. The minimum atomic E-state index is 0.0814. The Labute approximate surface area is 107 Å². The number of nitrogens with zero attached hydrogens (tertiary/aromatic N) is 2. The highest BCUT2D eigenvalue weighted by Gasteiger charge is 2.05. The average Bonchev–Trinajstić information content (AvgIpc) is 2.38. The van der Waals surface area contributed by atoms with Crippen molar-refractivity contribution in [3.05, 3.63) is 53.7 Å². The molecule has 92 valence electrons. The first-order valence-electron chi connectivity index (χ1n) is 5.70. The standard InChI is InChI=1S/C14H16N4/c1-10-4-3-5-13(17-10)18(2)12-8-6-11(7-9-12)14(15)16/h3-9H,1-2H3,(H3,15,16). The summed E-state index contributed by atoms with van der Waals surface area (Å²) < 4.78 is 0. The lowest BCUT2D eigenvalue weighted by Gasteiger charge is -2.18. The van der Waals surface area contributed by atoms with Gasteiger partial charge in [0.1, 0.15) is 11.7 Å². The van der Waals surface area contributed by atoms with Crippen LogP contribution in [0.15, 0.2) is 42.5 Å². The summed E-state index contributed by atoms with van der Waals surface area (Å²) in [4.78, 5) is 6.46. The molecule has 4 nitrogen and oxygen atoms in total. The molecule has 0 bridgehead atoms. The minimum absolute atomic E-state index is 0.0814. The van der Waals surface area contributed by atoms with Crippen LogP contribution < -0.4 is 10.6 Å². The zero-order valence-electron chi connectivity index (χ0n) is 10.5. The van der Waals surface area contributed by atoms with Gasteiger partial charge in [-0.3, -0.25) is 5.41 Å². The van der Waals surface area contributed by atoms with E-state index in [0.29, 0.717) is 0 Å². The number of nitrogen functional groups attached to an aromatic ring is 1. The molecule has 0 saturated carbocycles. The Balaban J connectivity index is 2.28. The highest BCUT2D eigenvalue weighted by atomic mass is 15.2. The van der Waals surface area contributed by atoms with Crippen LogP contribution >= 0.6 is 0 Å². The number of nitrogens with one attached hydrogen (secondary N) is 1. The number of benzene rings is 1. The van der Waals surface area contributed by atoms with Crippen LogP contribution in [0.25, 0.3) is 0 Å². The first kappa shape index (κ1) is 12.1. The fourth-order valence-electron chi connectivity index (χ4n) is 1.71. The largest absolute Gasteiger partial charge is 0.384 e. The molecule has 1 heterocycles. The number of amidine groups is 1. The molecular weight excluding hydrogens is 224 g/mol. The molecule has 0 aliphatic rings. The molecule has 2 aromatic rings. The fourth-order valence-corrected chi connectivity index (χ4v) is 1.71. The maximum Gasteiger partial charge on any atom is 0.132 e. The third-order valence-corrected chi connectivity index (χ3v) is 2.78. The van der Waals surface area contributed by atoms with Gasteiger partial charge in [-0.25, -0.2) is 4.98 Å². The molecule has 0 fully saturated rings. The van der Waals surface area contributed by atoms with Gasteiger partial charge in [0.15, 0.2) is 0 Å². The van der Waals surface area contributed by atoms with Crippen molar-refractivity contribution in [2.75, 3.05) is 11.9 Å². The van der Waals surface area contributed by atoms with Crippen LogP contribution in [0, 0.1) is 12.3 Å². The van der Waals surface area contributed by atoms with E-state index in [9.17, 15) is 0 Å². The monoisotopic (exact) mass is 240 g/mol. The van der Waals surface area contributed by atoms with E-state index in [4.69, 9.17) is 11.1 Å². The maximum atomic E-state index is 7.36. The van der Waals surface area contributed by atoms with Crippen LogP contribution in [0.4, 0.5) is 11.5 Å². The Morgan fingerprint density at radius 2 is 1.83 bits per heavy atom. The molecule has 1 aromatic heterocycles. The Bertz CT molecular complexity index is 560. The van der Waals surface area contributed by atoms with Gasteiger partial charge >= 0.3 is 0 Å². The predicted molar refractivity (Wildman–Crippen MR) is 74.5 cm³/mol. The number of aromatic nitrogens is 1. The second-order valence-electron chi connectivity index (χ2n) is 4.16. The van der Waals surface area contributed by atoms with Crippen molar-refractivity contribution in [3.63, 3.8) is 0 Å². The van der Waals surface area contributed by atoms with E-state index in [0.717, 1.165) is 22.8 Å². The quantitative estimate of drug-likeness (QED) is 0.639. The van der Waals surface area contributed by atoms with E-state index in [-0.39, 0.29) is 5.84 Å². The van der Waals surface area contributed by atoms with Gasteiger partial charge in [-0.05, 0) is 43.3 Å². The molecule has 0 unspecified atom stereocenters. The summed E-state index contributed by atoms with van der Waals surface area (Å²) in [5, 5.41) is 7.36. The molecule has 0 spiro atoms. The highest BCUT2D eigenvalue weighted by Crippen LogP contribution is 2.21. The van der Waals surface area contributed by atoms with Crippen molar-refractivity contribution in [1.82, 2.24) is 4.98 Å². The van der Waals surface area contributed by atoms with Gasteiger partial charge in [-0.15, -0.1) is 0 Å². The smallest absolute Gasteiger partial charge is 0.132 e. The van der Waals surface area contributed by atoms with E-state index in [1.165, 1.54) is 0 Å². The van der Waals surface area contributed by atoms with Gasteiger partial charge in [-0.2, -0.15) is 0 Å². The predicted octanol–water partition coefficient (Wildman–Crippen LogP) is 2.44. The SMILES string of the molecule is Cc1cccc(N(C)c2ccc(C(=N)N)cc2)n1. The van der Waals surface area contributed by atoms with E-state index >= 15 is 0 Å². The van der Waals surface area contributed by atoms with Gasteiger partial charge < -0.3 is 10.6 Å². The number of aryl methyl sites for hydroxylation is 1. The summed E-state index contributed by atoms with van der Waals surface area (Å²) >= 11 is 0. The summed E-state index contributed by atoms with van der Waals surface area (Å²) in [6.07, 6.45) is 0. The van der Waals surface area contributed by atoms with Crippen molar-refractivity contribution in [2.24, 2.45) is 5.73 Å². The number of anilines is 2. The number of rotatable bonds is 3. The lowest BCUT2D eigenvalue weighted by molar-refractivity contribution is 1.09. The summed E-state index contributed by atoms with van der Waals surface area (Å²) in [6, 6.07) is 13.5. The van der Waals surface area contributed by atoms with Gasteiger partial charge in [0, 0.05) is 24.0 Å². The lowest BCUT2D eigenvalue weighted by Crippen LogP contribution is -2.13. The van der Waals surface area contributed by atoms with Crippen LogP contribution in [-0.4, -0.2) is 17.9 Å². The van der Waals surface area contributed by atoms with Crippen molar-refractivity contribution >= 4 is 17.3 Å². The zero-order chi connectivity index (χ0) is 13.1. The molecule has 1 aromatic carbocycles. The van der Waals surface area contributed by atoms with Gasteiger partial charge in [0.25, 0.3) is 0 Å². The summed E-state index contributed by atoms with van der Waals surface area (Å²) in [7, 11) is 1.96. The molecule has 0 aliphatic carbocycles. The van der Waals surface area contributed by atoms with Crippen molar-refractivity contribution < 1.29 is 0 Å². The van der Waals surface area contributed by atoms with Crippen LogP contribution in [0.5, 0.6) is 0 Å². The number of nitrogens with two attached hydrogens (primary N) is 1. The third-order valence-electron chi connectivity index (χ3n) is 2.78. The van der Waals surface area contributed by atoms with Crippen molar-refractivity contribution in [3.8, 4) is 0 Å². The van der Waals surface area contributed by atoms with E-state index in [2.05, 4.69) is 4.98 Å². The summed E-state index contributed by atoms with van der Waals surface area (Å²) in [5.41, 5.74) is 8.15. The molecule has 0 saturated heterocycles. The van der Waals surface area contributed by atoms with E-state index in [1.807, 2.05) is 61.3 Å². The average molecular weight is 240 g/mol. The topological polar surface area (TPSA) is 66.0 Å². The van der Waals surface area contributed by atoms with Gasteiger partial charge in [0.2, 0.25) is 0 Å². The first-order valence-corrected chi connectivity index (χ1v) is 5.70. The Morgan fingerprint density at radius 1 is 1.17 bits per heavy atom. The number of hydrogen-bond acceptors (Lipinski definition) is 3. The first-order chi connectivity index (χ1) is 8.58. The molecule has 0 amide bonds. The second kappa shape index (κ2) is 4.87. The van der Waals surface area contributed by atoms with Gasteiger partial charge in [0.05, 0.1) is 0 Å². The van der Waals surface area contributed by atoms with E-state index in [1.54, 1.807) is 0 Å². The molecule has 0 radical (unpaired) electrons. The third kappa shape index (κ3) is 2.48. The minimum Gasteiger partial charge on any atom is -0.384 e. The van der Waals surface area contributed by atoms with Crippen LogP contribution in [0.1, 0.15) is 11.3 Å². The Kier molecular flexibility index (Phi) is 3.28. The normalized spacial score (nSPS) is 10.1. The fraction of sp³-hybridized carbons (Fsp3) is 0.143. The Hall–Kier alpha value is -2.36. The zero-order valence-corrected chi connectivity index (χ0v) is 10.5. The Morgan fingerprint density at radius 3 is 2.39 bits per heavy atom. The molecule has 0 aliphatic heterocycles. The second-order valence-corrected chi connectivity index (χ2v) is 4.16. The van der Waals surface area contributed by atoms with Crippen molar-refractivity contribution in [2.45, 2.75) is 6.92 Å². The highest BCUT2D eigenvalue weighted by molar-refractivity contribution is 5.95. The van der Waals surface area contributed by atoms with Crippen LogP contribution in [0.3, 0.4) is 0 Å². The number of pyridine rings is 1. The summed E-state index contributed by atoms with van der Waals surface area (Å²) in [5.74, 6) is 0.975. The summed E-state index contributed by atoms with van der Waals surface area (Å²) in [6.45, 7) is 1.97. The molecule has 2 rings (SSSR count). The van der Waals surface area contributed by atoms with E-state index < -0.39 is 0 Å². The van der Waals surface area contributed by atoms with Gasteiger partial charge in [-0.1, -0.05) is 6.07 Å². The van der Waals surface area contributed by atoms with Crippen LogP contribution in [-0.2, 0) is 0 Å². The molecule has 3 N–H and O–H groups in total. The molecule has 0 atom stereocenters. The van der Waals surface area contributed by atoms with Crippen molar-refractivity contribution in [1.29, 1.82) is 5.41 Å². The lowest BCUT2D eigenvalue weighted by atomic mass is 10.2. The molecule has 4 heteroatoms. The maximum absolute atomic E-state index is 7.36.